The van der Waals surface area contributed by atoms with Gasteiger partial charge in [-0.2, -0.15) is 0 Å². The zero-order valence-electron chi connectivity index (χ0n) is 35.4. The fourth-order valence-electron chi connectivity index (χ4n) is 6.69. The minimum absolute atomic E-state index is 0.0662. The van der Waals surface area contributed by atoms with Crippen LogP contribution in [0.25, 0.3) is 0 Å². The third-order valence-electron chi connectivity index (χ3n) is 10.9. The van der Waals surface area contributed by atoms with Gasteiger partial charge in [-0.05, 0) is 31.1 Å². The molecule has 6 heteroatoms. The molecule has 0 aliphatic heterocycles. The summed E-state index contributed by atoms with van der Waals surface area (Å²) < 4.78 is 16.7. The molecule has 0 aromatic heterocycles. The second-order valence-corrected chi connectivity index (χ2v) is 16.2. The van der Waals surface area contributed by atoms with E-state index in [2.05, 4.69) is 34.6 Å². The van der Waals surface area contributed by atoms with E-state index < -0.39 is 6.10 Å². The maximum atomic E-state index is 12.7. The standard InChI is InChI=1S/C46H88O6/c1-6-9-10-11-12-13-14-15-16-17-18-19-26-31-36-44(47)50-39-43(52-46(49)38-33-28-23-21-25-30-35-42(5)8-3)40-51-45(48)37-32-27-22-20-24-29-34-41(4)7-2/h41-43H,6-40H2,1-5H3/t41?,42?,43-/m0/s1. The number of hydrogen-bond donors (Lipinski definition) is 0. The first-order valence-corrected chi connectivity index (χ1v) is 22.8. The molecule has 0 amide bonds. The molecule has 0 rings (SSSR count). The highest BCUT2D eigenvalue weighted by atomic mass is 16.6. The molecule has 308 valence electrons. The van der Waals surface area contributed by atoms with Gasteiger partial charge in [-0.1, -0.05) is 208 Å². The van der Waals surface area contributed by atoms with Crippen LogP contribution in [-0.2, 0) is 28.6 Å². The first kappa shape index (κ1) is 50.4. The smallest absolute Gasteiger partial charge is 0.306 e. The molecular weight excluding hydrogens is 648 g/mol. The zero-order chi connectivity index (χ0) is 38.3. The van der Waals surface area contributed by atoms with Crippen LogP contribution in [-0.4, -0.2) is 37.2 Å². The number of rotatable bonds is 40. The highest BCUT2D eigenvalue weighted by Gasteiger charge is 2.19. The molecule has 6 nitrogen and oxygen atoms in total. The van der Waals surface area contributed by atoms with E-state index in [1.165, 1.54) is 135 Å². The van der Waals surface area contributed by atoms with Gasteiger partial charge in [-0.15, -0.1) is 0 Å². The largest absolute Gasteiger partial charge is 0.462 e. The molecule has 0 fully saturated rings. The van der Waals surface area contributed by atoms with Gasteiger partial charge >= 0.3 is 17.9 Å². The third-order valence-corrected chi connectivity index (χ3v) is 10.9. The first-order valence-electron chi connectivity index (χ1n) is 22.8. The lowest BCUT2D eigenvalue weighted by Gasteiger charge is -2.18. The SMILES string of the molecule is CCCCCCCCCCCCCCCCC(=O)OC[C@@H](COC(=O)CCCCCCCCC(C)CC)OC(=O)CCCCCCCCC(C)CC. The Morgan fingerprint density at radius 2 is 0.673 bits per heavy atom. The van der Waals surface area contributed by atoms with E-state index in [0.717, 1.165) is 69.6 Å². The van der Waals surface area contributed by atoms with Crippen LogP contribution in [0, 0.1) is 11.8 Å². The Kier molecular flexibility index (Phi) is 37.9. The Morgan fingerprint density at radius 3 is 1.00 bits per heavy atom. The van der Waals surface area contributed by atoms with Crippen molar-refractivity contribution in [1.82, 2.24) is 0 Å². The van der Waals surface area contributed by atoms with Crippen LogP contribution >= 0.6 is 0 Å². The lowest BCUT2D eigenvalue weighted by molar-refractivity contribution is -0.167. The second kappa shape index (κ2) is 39.1. The summed E-state index contributed by atoms with van der Waals surface area (Å²) in [4.78, 5) is 37.7. The van der Waals surface area contributed by atoms with Crippen molar-refractivity contribution in [3.8, 4) is 0 Å². The molecule has 0 bridgehead atoms. The van der Waals surface area contributed by atoms with Gasteiger partial charge in [-0.25, -0.2) is 0 Å². The normalized spacial score (nSPS) is 13.1. The van der Waals surface area contributed by atoms with Crippen LogP contribution in [0.1, 0.15) is 247 Å². The highest BCUT2D eigenvalue weighted by molar-refractivity contribution is 5.71. The third kappa shape index (κ3) is 36.8. The van der Waals surface area contributed by atoms with Crippen LogP contribution < -0.4 is 0 Å². The first-order chi connectivity index (χ1) is 25.3. The van der Waals surface area contributed by atoms with E-state index in [1.54, 1.807) is 0 Å². The van der Waals surface area contributed by atoms with E-state index in [9.17, 15) is 14.4 Å². The van der Waals surface area contributed by atoms with Crippen molar-refractivity contribution in [1.29, 1.82) is 0 Å². The molecule has 0 heterocycles. The van der Waals surface area contributed by atoms with E-state index in [0.29, 0.717) is 19.3 Å². The van der Waals surface area contributed by atoms with E-state index >= 15 is 0 Å². The number of hydrogen-bond acceptors (Lipinski definition) is 6. The molecule has 0 aliphatic rings. The van der Waals surface area contributed by atoms with Crippen LogP contribution in [0.15, 0.2) is 0 Å². The fraction of sp³-hybridized carbons (Fsp3) is 0.935. The average Bonchev–Trinajstić information content (AvgIpc) is 3.14. The second-order valence-electron chi connectivity index (χ2n) is 16.2. The van der Waals surface area contributed by atoms with Crippen molar-refractivity contribution in [2.45, 2.75) is 253 Å². The Hall–Kier alpha value is -1.59. The van der Waals surface area contributed by atoms with E-state index in [-0.39, 0.29) is 31.1 Å². The summed E-state index contributed by atoms with van der Waals surface area (Å²) in [7, 11) is 0. The topological polar surface area (TPSA) is 78.9 Å². The molecule has 3 atom stereocenters. The minimum Gasteiger partial charge on any atom is -0.462 e. The zero-order valence-corrected chi connectivity index (χ0v) is 35.4. The monoisotopic (exact) mass is 737 g/mol. The predicted molar refractivity (Wildman–Crippen MR) is 220 cm³/mol. The number of carbonyl (C=O) groups excluding carboxylic acids is 3. The summed E-state index contributed by atoms with van der Waals surface area (Å²) in [6.07, 6.45) is 36.6. The maximum absolute atomic E-state index is 12.7. The van der Waals surface area contributed by atoms with Crippen LogP contribution in [0.2, 0.25) is 0 Å². The lowest BCUT2D eigenvalue weighted by Crippen LogP contribution is -2.30. The molecule has 0 saturated carbocycles. The van der Waals surface area contributed by atoms with E-state index in [1.807, 2.05) is 0 Å². The molecule has 0 saturated heterocycles. The Balaban J connectivity index is 4.33. The Bertz CT molecular complexity index is 798. The highest BCUT2D eigenvalue weighted by Crippen LogP contribution is 2.17. The minimum atomic E-state index is -0.761. The van der Waals surface area contributed by atoms with Crippen molar-refractivity contribution in [2.24, 2.45) is 11.8 Å². The summed E-state index contributed by atoms with van der Waals surface area (Å²) in [5.41, 5.74) is 0. The van der Waals surface area contributed by atoms with Gasteiger partial charge in [0.15, 0.2) is 6.10 Å². The molecular formula is C46H88O6. The Morgan fingerprint density at radius 1 is 0.385 bits per heavy atom. The van der Waals surface area contributed by atoms with Crippen molar-refractivity contribution >= 4 is 17.9 Å². The quantitative estimate of drug-likeness (QED) is 0.0354. The van der Waals surface area contributed by atoms with Gasteiger partial charge < -0.3 is 14.2 Å². The molecule has 0 N–H and O–H groups in total. The number of unbranched alkanes of at least 4 members (excludes halogenated alkanes) is 23. The molecule has 0 aromatic carbocycles. The molecule has 52 heavy (non-hydrogen) atoms. The van der Waals surface area contributed by atoms with Crippen LogP contribution in [0.3, 0.4) is 0 Å². The van der Waals surface area contributed by atoms with Gasteiger partial charge in [0.25, 0.3) is 0 Å². The number of carbonyl (C=O) groups is 3. The fourth-order valence-corrected chi connectivity index (χ4v) is 6.69. The summed E-state index contributed by atoms with van der Waals surface area (Å²) in [6.45, 7) is 11.3. The van der Waals surface area contributed by atoms with Gasteiger partial charge in [0.2, 0.25) is 0 Å². The predicted octanol–water partition coefficient (Wildman–Crippen LogP) is 14.2. The molecule has 0 aliphatic carbocycles. The molecule has 0 aromatic rings. The van der Waals surface area contributed by atoms with Gasteiger partial charge in [0, 0.05) is 19.3 Å². The van der Waals surface area contributed by atoms with Gasteiger partial charge in [0.05, 0.1) is 0 Å². The molecule has 0 radical (unpaired) electrons. The Labute approximate surface area is 323 Å². The van der Waals surface area contributed by atoms with Crippen LogP contribution in [0.4, 0.5) is 0 Å². The van der Waals surface area contributed by atoms with Crippen molar-refractivity contribution in [3.05, 3.63) is 0 Å². The summed E-state index contributed by atoms with van der Waals surface area (Å²) >= 11 is 0. The number of ether oxygens (including phenoxy) is 3. The van der Waals surface area contributed by atoms with Crippen molar-refractivity contribution < 1.29 is 28.6 Å². The molecule has 0 spiro atoms. The van der Waals surface area contributed by atoms with Gasteiger partial charge in [-0.3, -0.25) is 14.4 Å². The summed E-state index contributed by atoms with van der Waals surface area (Å²) in [6, 6.07) is 0. The lowest BCUT2D eigenvalue weighted by atomic mass is 10.00. The summed E-state index contributed by atoms with van der Waals surface area (Å²) in [5.74, 6) is 0.761. The van der Waals surface area contributed by atoms with Crippen molar-refractivity contribution in [3.63, 3.8) is 0 Å². The average molecular weight is 737 g/mol. The number of esters is 3. The van der Waals surface area contributed by atoms with Gasteiger partial charge in [0.1, 0.15) is 13.2 Å². The molecule has 2 unspecified atom stereocenters. The van der Waals surface area contributed by atoms with Crippen LogP contribution in [0.5, 0.6) is 0 Å². The maximum Gasteiger partial charge on any atom is 0.306 e. The van der Waals surface area contributed by atoms with Crippen molar-refractivity contribution in [2.75, 3.05) is 13.2 Å². The summed E-state index contributed by atoms with van der Waals surface area (Å²) in [5, 5.41) is 0. The van der Waals surface area contributed by atoms with E-state index in [4.69, 9.17) is 14.2 Å².